The second-order valence-electron chi connectivity index (χ2n) is 11.1. The Morgan fingerprint density at radius 3 is 2.73 bits per heavy atom. The zero-order valence-corrected chi connectivity index (χ0v) is 26.0. The number of ether oxygens (including phenoxy) is 3. The Balaban J connectivity index is 1.21. The van der Waals surface area contributed by atoms with Gasteiger partial charge in [-0.1, -0.05) is 23.7 Å². The highest BCUT2D eigenvalue weighted by Gasteiger charge is 2.33. The number of fused-ring (bicyclic) bond motifs is 1. The average Bonchev–Trinajstić information content (AvgIpc) is 3.73. The summed E-state index contributed by atoms with van der Waals surface area (Å²) in [5.74, 6) is 2.86. The van der Waals surface area contributed by atoms with E-state index in [-0.39, 0.29) is 43.5 Å². The van der Waals surface area contributed by atoms with E-state index in [4.69, 9.17) is 30.8 Å². The SMILES string of the molecule is COc1ccc(C(C)NC(=O)CC2CN(C(=O)Cc3ccc4c(c3)OCO4)CCN2c2cc(C)nc(-n3ccnc3)n2)cc1Cl. The molecule has 1 fully saturated rings. The van der Waals surface area contributed by atoms with Crippen LogP contribution in [0.2, 0.25) is 5.02 Å². The second-order valence-corrected chi connectivity index (χ2v) is 11.5. The Morgan fingerprint density at radius 1 is 1.11 bits per heavy atom. The first-order valence-corrected chi connectivity index (χ1v) is 15.0. The summed E-state index contributed by atoms with van der Waals surface area (Å²) in [5.41, 5.74) is 2.47. The number of methoxy groups -OCH3 is 1. The number of aromatic nitrogens is 4. The van der Waals surface area contributed by atoms with E-state index in [0.717, 1.165) is 16.8 Å². The van der Waals surface area contributed by atoms with Crippen LogP contribution < -0.4 is 24.4 Å². The highest BCUT2D eigenvalue weighted by Crippen LogP contribution is 2.33. The molecule has 2 aliphatic heterocycles. The fourth-order valence-corrected chi connectivity index (χ4v) is 5.89. The maximum absolute atomic E-state index is 13.5. The monoisotopic (exact) mass is 631 g/mol. The average molecular weight is 632 g/mol. The van der Waals surface area contributed by atoms with Gasteiger partial charge in [-0.05, 0) is 49.2 Å². The van der Waals surface area contributed by atoms with Crippen LogP contribution in [-0.4, -0.2) is 75.8 Å². The van der Waals surface area contributed by atoms with Crippen molar-refractivity contribution in [2.45, 2.75) is 38.8 Å². The van der Waals surface area contributed by atoms with Crippen LogP contribution >= 0.6 is 11.6 Å². The summed E-state index contributed by atoms with van der Waals surface area (Å²) in [6.07, 6.45) is 5.44. The van der Waals surface area contributed by atoms with Crippen molar-refractivity contribution < 1.29 is 23.8 Å². The first-order chi connectivity index (χ1) is 21.8. The number of hydrogen-bond acceptors (Lipinski definition) is 9. The van der Waals surface area contributed by atoms with Gasteiger partial charge in [0.05, 0.1) is 30.6 Å². The van der Waals surface area contributed by atoms with Crippen LogP contribution in [-0.2, 0) is 16.0 Å². The minimum atomic E-state index is -0.337. The van der Waals surface area contributed by atoms with Gasteiger partial charge >= 0.3 is 0 Å². The number of amides is 2. The standard InChI is InChI=1S/C32H34ClN7O5/c1-20-12-29(37-32(35-20)39-9-8-34-18-39)40-11-10-38(31(42)14-22-4-6-27-28(13-22)45-19-44-27)17-24(40)16-30(41)36-21(2)23-5-7-26(43-3)25(33)15-23/h4-9,12-13,15,18,21,24H,10-11,14,16-17,19H2,1-3H3,(H,36,41). The van der Waals surface area contributed by atoms with E-state index in [9.17, 15) is 9.59 Å². The highest BCUT2D eigenvalue weighted by atomic mass is 35.5. The molecule has 234 valence electrons. The zero-order chi connectivity index (χ0) is 31.5. The molecule has 0 saturated carbocycles. The van der Waals surface area contributed by atoms with Crippen LogP contribution in [0, 0.1) is 6.92 Å². The number of anilines is 1. The Bertz CT molecular complexity index is 1700. The van der Waals surface area contributed by atoms with Crippen molar-refractivity contribution in [3.8, 4) is 23.2 Å². The van der Waals surface area contributed by atoms with E-state index < -0.39 is 0 Å². The van der Waals surface area contributed by atoms with Gasteiger partial charge in [0.15, 0.2) is 11.5 Å². The molecule has 0 radical (unpaired) electrons. The molecule has 2 amide bonds. The molecule has 4 aromatic rings. The molecule has 0 bridgehead atoms. The summed E-state index contributed by atoms with van der Waals surface area (Å²) in [6, 6.07) is 12.3. The van der Waals surface area contributed by atoms with E-state index in [2.05, 4.69) is 20.2 Å². The molecule has 0 aliphatic carbocycles. The molecule has 12 nitrogen and oxygen atoms in total. The predicted octanol–water partition coefficient (Wildman–Crippen LogP) is 3.89. The van der Waals surface area contributed by atoms with Crippen molar-refractivity contribution in [2.24, 2.45) is 0 Å². The lowest BCUT2D eigenvalue weighted by Gasteiger charge is -2.42. The topological polar surface area (TPSA) is 124 Å². The van der Waals surface area contributed by atoms with Crippen LogP contribution in [0.5, 0.6) is 17.2 Å². The zero-order valence-electron chi connectivity index (χ0n) is 25.3. The molecule has 1 saturated heterocycles. The molecular weight excluding hydrogens is 598 g/mol. The van der Waals surface area contributed by atoms with Gasteiger partial charge in [0.25, 0.3) is 0 Å². The van der Waals surface area contributed by atoms with Crippen molar-refractivity contribution in [1.29, 1.82) is 0 Å². The van der Waals surface area contributed by atoms with Gasteiger partial charge in [-0.3, -0.25) is 14.2 Å². The first kappa shape index (κ1) is 30.2. The van der Waals surface area contributed by atoms with Crippen LogP contribution in [0.25, 0.3) is 5.95 Å². The molecule has 0 spiro atoms. The molecular formula is C32H34ClN7O5. The van der Waals surface area contributed by atoms with Crippen molar-refractivity contribution >= 4 is 29.2 Å². The van der Waals surface area contributed by atoms with E-state index in [1.807, 2.05) is 49.1 Å². The maximum Gasteiger partial charge on any atom is 0.237 e. The van der Waals surface area contributed by atoms with E-state index in [1.54, 1.807) is 42.5 Å². The molecule has 6 rings (SSSR count). The fourth-order valence-electron chi connectivity index (χ4n) is 5.62. The lowest BCUT2D eigenvalue weighted by molar-refractivity contribution is -0.132. The van der Waals surface area contributed by atoms with Crippen LogP contribution in [0.15, 0.2) is 61.2 Å². The van der Waals surface area contributed by atoms with Gasteiger partial charge in [0, 0.05) is 50.2 Å². The van der Waals surface area contributed by atoms with Crippen LogP contribution in [0.4, 0.5) is 5.82 Å². The number of halogens is 1. The number of hydrogen-bond donors (Lipinski definition) is 1. The molecule has 2 atom stereocenters. The lowest BCUT2D eigenvalue weighted by atomic mass is 10.0. The molecule has 2 aliphatic rings. The van der Waals surface area contributed by atoms with Crippen molar-refractivity contribution in [3.05, 3.63) is 83.0 Å². The van der Waals surface area contributed by atoms with Gasteiger partial charge in [0.2, 0.25) is 24.6 Å². The normalized spacial score (nSPS) is 16.4. The lowest BCUT2D eigenvalue weighted by Crippen LogP contribution is -2.56. The number of benzene rings is 2. The maximum atomic E-state index is 13.5. The number of nitrogens with zero attached hydrogens (tertiary/aromatic N) is 6. The third-order valence-corrected chi connectivity index (χ3v) is 8.26. The summed E-state index contributed by atoms with van der Waals surface area (Å²) in [7, 11) is 1.56. The fraction of sp³-hybridized carbons (Fsp3) is 0.344. The largest absolute Gasteiger partial charge is 0.495 e. The molecule has 2 aromatic heterocycles. The molecule has 2 aromatic carbocycles. The third-order valence-electron chi connectivity index (χ3n) is 7.96. The molecule has 2 unspecified atom stereocenters. The number of nitrogens with one attached hydrogen (secondary N) is 1. The Labute approximate surface area is 265 Å². The third kappa shape index (κ3) is 6.80. The number of aryl methyl sites for hydroxylation is 1. The van der Waals surface area contributed by atoms with Gasteiger partial charge in [-0.15, -0.1) is 0 Å². The summed E-state index contributed by atoms with van der Waals surface area (Å²) in [5, 5.41) is 3.57. The molecule has 45 heavy (non-hydrogen) atoms. The smallest absolute Gasteiger partial charge is 0.237 e. The molecule has 13 heteroatoms. The summed E-state index contributed by atoms with van der Waals surface area (Å²) < 4.78 is 17.9. The number of imidazole rings is 1. The van der Waals surface area contributed by atoms with Crippen molar-refractivity contribution in [1.82, 2.24) is 29.7 Å². The quantitative estimate of drug-likeness (QED) is 0.293. The summed E-state index contributed by atoms with van der Waals surface area (Å²) >= 11 is 6.33. The van der Waals surface area contributed by atoms with Gasteiger partial charge < -0.3 is 29.3 Å². The predicted molar refractivity (Wildman–Crippen MR) is 167 cm³/mol. The molecule has 4 heterocycles. The van der Waals surface area contributed by atoms with E-state index >= 15 is 0 Å². The first-order valence-electron chi connectivity index (χ1n) is 14.7. The van der Waals surface area contributed by atoms with Crippen molar-refractivity contribution in [3.63, 3.8) is 0 Å². The Morgan fingerprint density at radius 2 is 1.96 bits per heavy atom. The van der Waals surface area contributed by atoms with E-state index in [1.165, 1.54) is 0 Å². The Hall–Kier alpha value is -4.84. The Kier molecular flexibility index (Phi) is 8.74. The van der Waals surface area contributed by atoms with Crippen LogP contribution in [0.1, 0.15) is 36.2 Å². The minimum absolute atomic E-state index is 0.0295. The van der Waals surface area contributed by atoms with Gasteiger partial charge in [-0.25, -0.2) is 9.97 Å². The second kappa shape index (κ2) is 13.0. The van der Waals surface area contributed by atoms with Crippen LogP contribution in [0.3, 0.4) is 0 Å². The number of carbonyl (C=O) groups is 2. The minimum Gasteiger partial charge on any atom is -0.495 e. The van der Waals surface area contributed by atoms with Gasteiger partial charge in [0.1, 0.15) is 17.9 Å². The van der Waals surface area contributed by atoms with Gasteiger partial charge in [-0.2, -0.15) is 4.98 Å². The van der Waals surface area contributed by atoms with E-state index in [0.29, 0.717) is 53.7 Å². The number of rotatable bonds is 9. The highest BCUT2D eigenvalue weighted by molar-refractivity contribution is 6.32. The summed E-state index contributed by atoms with van der Waals surface area (Å²) in [4.78, 5) is 44.4. The molecule has 1 N–H and O–H groups in total. The number of carbonyl (C=O) groups excluding carboxylic acids is 2. The van der Waals surface area contributed by atoms with Crippen molar-refractivity contribution in [2.75, 3.05) is 38.4 Å². The summed E-state index contributed by atoms with van der Waals surface area (Å²) in [6.45, 7) is 5.30. The number of piperazine rings is 1.